The minimum absolute atomic E-state index is 0.0449. The first-order valence-electron chi connectivity index (χ1n) is 6.54. The molecule has 2 nitrogen and oxygen atoms in total. The van der Waals surface area contributed by atoms with E-state index in [-0.39, 0.29) is 11.2 Å². The molecule has 0 aromatic heterocycles. The molecule has 0 N–H and O–H groups in total. The fraction of sp³-hybridized carbons (Fsp3) is 0.250. The van der Waals surface area contributed by atoms with E-state index in [1.54, 1.807) is 6.07 Å². The monoisotopic (exact) mass is 270 g/mol. The number of sulfone groups is 1. The fourth-order valence-electron chi connectivity index (χ4n) is 3.34. The highest BCUT2D eigenvalue weighted by Crippen LogP contribution is 2.57. The van der Waals surface area contributed by atoms with E-state index in [1.807, 2.05) is 36.4 Å². The van der Waals surface area contributed by atoms with Gasteiger partial charge in [-0.2, -0.15) is 0 Å². The van der Waals surface area contributed by atoms with Crippen molar-refractivity contribution in [2.75, 3.05) is 0 Å². The first-order chi connectivity index (χ1) is 9.13. The van der Waals surface area contributed by atoms with Crippen LogP contribution in [-0.4, -0.2) is 8.42 Å². The summed E-state index contributed by atoms with van der Waals surface area (Å²) in [7, 11) is -3.22. The molecule has 4 rings (SSSR count). The zero-order valence-corrected chi connectivity index (χ0v) is 11.3. The Morgan fingerprint density at radius 3 is 2.21 bits per heavy atom. The van der Waals surface area contributed by atoms with Gasteiger partial charge in [0.2, 0.25) is 0 Å². The summed E-state index contributed by atoms with van der Waals surface area (Å²) in [6, 6.07) is 15.5. The Morgan fingerprint density at radius 2 is 1.47 bits per heavy atom. The highest BCUT2D eigenvalue weighted by molar-refractivity contribution is 7.90. The Balaban J connectivity index is 2.12. The highest BCUT2D eigenvalue weighted by atomic mass is 32.2. The lowest BCUT2D eigenvalue weighted by Gasteiger charge is -2.17. The lowest BCUT2D eigenvalue weighted by Crippen LogP contribution is -2.11. The van der Waals surface area contributed by atoms with Crippen LogP contribution in [0.1, 0.15) is 29.5 Å². The molecule has 19 heavy (non-hydrogen) atoms. The number of hydrogen-bond acceptors (Lipinski definition) is 2. The van der Waals surface area contributed by atoms with Crippen LogP contribution in [0.15, 0.2) is 53.4 Å². The predicted octanol–water partition coefficient (Wildman–Crippen LogP) is 3.05. The van der Waals surface area contributed by atoms with Crippen molar-refractivity contribution in [1.29, 1.82) is 0 Å². The Kier molecular flexibility index (Phi) is 2.06. The van der Waals surface area contributed by atoms with Crippen molar-refractivity contribution in [2.24, 2.45) is 0 Å². The second-order valence-electron chi connectivity index (χ2n) is 5.49. The fourth-order valence-corrected chi connectivity index (χ4v) is 5.04. The summed E-state index contributed by atoms with van der Waals surface area (Å²) in [6.45, 7) is 0. The molecule has 0 radical (unpaired) electrons. The van der Waals surface area contributed by atoms with Gasteiger partial charge in [-0.15, -0.1) is 0 Å². The third kappa shape index (κ3) is 1.45. The van der Waals surface area contributed by atoms with Crippen molar-refractivity contribution in [2.45, 2.75) is 28.9 Å². The number of fused-ring (bicyclic) bond motifs is 4. The van der Waals surface area contributed by atoms with Crippen LogP contribution in [-0.2, 0) is 21.0 Å². The van der Waals surface area contributed by atoms with Gasteiger partial charge in [-0.05, 0) is 35.6 Å². The van der Waals surface area contributed by atoms with Crippen LogP contribution in [0.5, 0.6) is 0 Å². The molecule has 2 aromatic carbocycles. The largest absolute Gasteiger partial charge is 0.223 e. The van der Waals surface area contributed by atoms with Crippen molar-refractivity contribution >= 4 is 9.84 Å². The topological polar surface area (TPSA) is 34.1 Å². The minimum atomic E-state index is -3.22. The average Bonchev–Trinajstić information content (AvgIpc) is 3.20. The van der Waals surface area contributed by atoms with Crippen molar-refractivity contribution in [1.82, 2.24) is 0 Å². The standard InChI is InChI=1S/C16H14O2S/c17-19(18)11-12-5-1-2-6-13(12)16(9-10-16)14-7-3-4-8-15(14)19/h1-8H,9-11H2. The van der Waals surface area contributed by atoms with Crippen molar-refractivity contribution < 1.29 is 8.42 Å². The van der Waals surface area contributed by atoms with E-state index in [2.05, 4.69) is 6.07 Å². The number of hydrogen-bond donors (Lipinski definition) is 0. The van der Waals surface area contributed by atoms with Gasteiger partial charge < -0.3 is 0 Å². The summed E-state index contributed by atoms with van der Waals surface area (Å²) in [5, 5.41) is 0. The second-order valence-corrected chi connectivity index (χ2v) is 7.45. The Morgan fingerprint density at radius 1 is 0.842 bits per heavy atom. The molecule has 0 unspecified atom stereocenters. The highest BCUT2D eigenvalue weighted by Gasteiger charge is 2.51. The SMILES string of the molecule is O=S1(=O)Cc2ccccc2C2(CC2)c2ccccc21. The first kappa shape index (κ1) is 11.2. The molecule has 2 aliphatic rings. The third-order valence-corrected chi connectivity index (χ3v) is 6.08. The lowest BCUT2D eigenvalue weighted by atomic mass is 9.85. The van der Waals surface area contributed by atoms with E-state index in [4.69, 9.17) is 0 Å². The van der Waals surface area contributed by atoms with Crippen LogP contribution in [0.3, 0.4) is 0 Å². The summed E-state index contributed by atoms with van der Waals surface area (Å²) >= 11 is 0. The summed E-state index contributed by atoms with van der Waals surface area (Å²) < 4.78 is 25.1. The van der Waals surface area contributed by atoms with E-state index in [0.717, 1.165) is 24.0 Å². The maximum Gasteiger partial charge on any atom is 0.182 e. The molecule has 1 fully saturated rings. The zero-order chi connectivity index (χ0) is 13.1. The van der Waals surface area contributed by atoms with E-state index >= 15 is 0 Å². The van der Waals surface area contributed by atoms with Gasteiger partial charge in [0.05, 0.1) is 10.6 Å². The normalized spacial score (nSPS) is 21.3. The Hall–Kier alpha value is -1.61. The molecule has 1 aliphatic carbocycles. The molecule has 2 aromatic rings. The zero-order valence-electron chi connectivity index (χ0n) is 10.5. The van der Waals surface area contributed by atoms with Gasteiger partial charge in [-0.3, -0.25) is 0 Å². The van der Waals surface area contributed by atoms with Crippen LogP contribution in [0, 0.1) is 0 Å². The van der Waals surface area contributed by atoms with Crippen LogP contribution in [0.2, 0.25) is 0 Å². The molecule has 96 valence electrons. The van der Waals surface area contributed by atoms with Crippen molar-refractivity contribution in [3.05, 3.63) is 65.2 Å². The summed E-state index contributed by atoms with van der Waals surface area (Å²) in [4.78, 5) is 0.531. The van der Waals surface area contributed by atoms with Gasteiger partial charge in [0.25, 0.3) is 0 Å². The number of benzene rings is 2. The second kappa shape index (κ2) is 3.48. The van der Waals surface area contributed by atoms with E-state index in [9.17, 15) is 8.42 Å². The molecular formula is C16H14O2S. The van der Waals surface area contributed by atoms with Crippen LogP contribution < -0.4 is 0 Å². The van der Waals surface area contributed by atoms with Gasteiger partial charge in [0, 0.05) is 5.41 Å². The van der Waals surface area contributed by atoms with Gasteiger partial charge in [-0.25, -0.2) is 8.42 Å². The Bertz CT molecular complexity index is 771. The van der Waals surface area contributed by atoms with Gasteiger partial charge in [-0.1, -0.05) is 42.5 Å². The molecule has 3 heteroatoms. The predicted molar refractivity (Wildman–Crippen MR) is 73.8 cm³/mol. The average molecular weight is 270 g/mol. The molecule has 0 amide bonds. The van der Waals surface area contributed by atoms with Crippen LogP contribution in [0.4, 0.5) is 0 Å². The molecule has 0 bridgehead atoms. The molecule has 1 aliphatic heterocycles. The molecule has 0 saturated heterocycles. The van der Waals surface area contributed by atoms with Gasteiger partial charge >= 0.3 is 0 Å². The quantitative estimate of drug-likeness (QED) is 0.737. The smallest absolute Gasteiger partial charge is 0.182 e. The van der Waals surface area contributed by atoms with Crippen molar-refractivity contribution in [3.63, 3.8) is 0 Å². The summed E-state index contributed by atoms with van der Waals surface area (Å²) in [5.41, 5.74) is 3.14. The minimum Gasteiger partial charge on any atom is -0.223 e. The van der Waals surface area contributed by atoms with Crippen LogP contribution >= 0.6 is 0 Å². The lowest BCUT2D eigenvalue weighted by molar-refractivity contribution is 0.594. The molecule has 1 heterocycles. The Labute approximate surface area is 113 Å². The summed E-state index contributed by atoms with van der Waals surface area (Å²) in [6.07, 6.45) is 2.10. The van der Waals surface area contributed by atoms with E-state index in [0.29, 0.717) is 4.90 Å². The molecule has 1 spiro atoms. The van der Waals surface area contributed by atoms with Gasteiger partial charge in [0.15, 0.2) is 9.84 Å². The molecular weight excluding hydrogens is 256 g/mol. The maximum atomic E-state index is 12.6. The van der Waals surface area contributed by atoms with Crippen LogP contribution in [0.25, 0.3) is 0 Å². The third-order valence-electron chi connectivity index (χ3n) is 4.37. The van der Waals surface area contributed by atoms with E-state index in [1.165, 1.54) is 5.56 Å². The molecule has 0 atom stereocenters. The van der Waals surface area contributed by atoms with Crippen molar-refractivity contribution in [3.8, 4) is 0 Å². The number of rotatable bonds is 0. The van der Waals surface area contributed by atoms with Gasteiger partial charge in [0.1, 0.15) is 0 Å². The summed E-state index contributed by atoms with van der Waals surface area (Å²) in [5.74, 6) is 0.127. The molecule has 1 saturated carbocycles. The van der Waals surface area contributed by atoms with E-state index < -0.39 is 9.84 Å². The first-order valence-corrected chi connectivity index (χ1v) is 8.19. The maximum absolute atomic E-state index is 12.6.